The Morgan fingerprint density at radius 1 is 1.43 bits per heavy atom. The number of aryl methyl sites for hydroxylation is 1. The van der Waals surface area contributed by atoms with Crippen LogP contribution in [0, 0.1) is 12.8 Å². The smallest absolute Gasteiger partial charge is 0.410 e. The van der Waals surface area contributed by atoms with Crippen molar-refractivity contribution in [1.29, 1.82) is 0 Å². The highest BCUT2D eigenvalue weighted by Crippen LogP contribution is 2.22. The zero-order valence-corrected chi connectivity index (χ0v) is 14.7. The number of aromatic nitrogens is 1. The molecule has 1 atom stereocenters. The van der Waals surface area contributed by atoms with E-state index in [-0.39, 0.29) is 6.09 Å². The molecule has 1 fully saturated rings. The van der Waals surface area contributed by atoms with Crippen molar-refractivity contribution in [1.82, 2.24) is 9.88 Å². The molecule has 0 aliphatic carbocycles. The number of piperidine rings is 1. The number of rotatable bonds is 4. The minimum Gasteiger partial charge on any atom is -0.478 e. The lowest BCUT2D eigenvalue weighted by atomic mass is 9.95. The van der Waals surface area contributed by atoms with E-state index in [1.54, 1.807) is 6.20 Å². The molecule has 0 bridgehead atoms. The van der Waals surface area contributed by atoms with Crippen molar-refractivity contribution >= 4 is 6.09 Å². The predicted molar refractivity (Wildman–Crippen MR) is 89.6 cm³/mol. The van der Waals surface area contributed by atoms with Crippen LogP contribution in [0.25, 0.3) is 0 Å². The fraction of sp³-hybridized carbons (Fsp3) is 0.667. The second-order valence-corrected chi connectivity index (χ2v) is 7.24. The number of carbonyl (C=O) groups excluding carboxylic acids is 1. The highest BCUT2D eigenvalue weighted by molar-refractivity contribution is 5.68. The summed E-state index contributed by atoms with van der Waals surface area (Å²) in [6.45, 7) is 9.88. The Labute approximate surface area is 139 Å². The Balaban J connectivity index is 1.76. The lowest BCUT2D eigenvalue weighted by Gasteiger charge is -2.34. The van der Waals surface area contributed by atoms with Gasteiger partial charge in [0.05, 0.1) is 6.61 Å². The molecule has 0 aromatic carbocycles. The maximum atomic E-state index is 12.2. The maximum Gasteiger partial charge on any atom is 0.410 e. The number of carbonyl (C=O) groups is 1. The number of amides is 1. The van der Waals surface area contributed by atoms with Gasteiger partial charge in [0.25, 0.3) is 0 Å². The first-order chi connectivity index (χ1) is 10.8. The van der Waals surface area contributed by atoms with Gasteiger partial charge in [0.2, 0.25) is 5.88 Å². The number of pyridine rings is 1. The van der Waals surface area contributed by atoms with Crippen molar-refractivity contribution in [2.24, 2.45) is 5.92 Å². The van der Waals surface area contributed by atoms with Crippen LogP contribution in [0.4, 0.5) is 4.79 Å². The molecule has 23 heavy (non-hydrogen) atoms. The quantitative estimate of drug-likeness (QED) is 0.846. The van der Waals surface area contributed by atoms with E-state index in [2.05, 4.69) is 4.98 Å². The zero-order chi connectivity index (χ0) is 16.9. The van der Waals surface area contributed by atoms with Crippen LogP contribution in [0.15, 0.2) is 18.3 Å². The average Bonchev–Trinajstić information content (AvgIpc) is 2.46. The van der Waals surface area contributed by atoms with Crippen LogP contribution in [0.2, 0.25) is 0 Å². The topological polar surface area (TPSA) is 51.7 Å². The molecule has 2 heterocycles. The molecular formula is C18H28N2O3. The summed E-state index contributed by atoms with van der Waals surface area (Å²) in [5.74, 6) is 1.13. The number of ether oxygens (including phenoxy) is 2. The highest BCUT2D eigenvalue weighted by Gasteiger charge is 2.27. The predicted octanol–water partition coefficient (Wildman–Crippen LogP) is 3.81. The van der Waals surface area contributed by atoms with Crippen molar-refractivity contribution < 1.29 is 14.3 Å². The van der Waals surface area contributed by atoms with Crippen molar-refractivity contribution in [3.05, 3.63) is 23.9 Å². The number of hydrogen-bond donors (Lipinski definition) is 0. The summed E-state index contributed by atoms with van der Waals surface area (Å²) in [6.07, 6.45) is 4.63. The van der Waals surface area contributed by atoms with Gasteiger partial charge in [0.1, 0.15) is 5.60 Å². The number of nitrogens with zero attached hydrogens (tertiary/aromatic N) is 2. The third-order valence-electron chi connectivity index (χ3n) is 3.84. The van der Waals surface area contributed by atoms with Crippen LogP contribution >= 0.6 is 0 Å². The van der Waals surface area contributed by atoms with E-state index in [0.29, 0.717) is 18.4 Å². The Hall–Kier alpha value is -1.78. The first kappa shape index (κ1) is 17.6. The molecule has 128 valence electrons. The Morgan fingerprint density at radius 3 is 2.91 bits per heavy atom. The molecule has 1 amide bonds. The monoisotopic (exact) mass is 320 g/mol. The van der Waals surface area contributed by atoms with Gasteiger partial charge in [-0.2, -0.15) is 0 Å². The van der Waals surface area contributed by atoms with Crippen LogP contribution < -0.4 is 4.74 Å². The molecule has 2 rings (SSSR count). The second kappa shape index (κ2) is 7.66. The van der Waals surface area contributed by atoms with Gasteiger partial charge in [-0.05, 0) is 64.5 Å². The van der Waals surface area contributed by atoms with Gasteiger partial charge in [0, 0.05) is 25.4 Å². The van der Waals surface area contributed by atoms with E-state index in [1.807, 2.05) is 44.7 Å². The van der Waals surface area contributed by atoms with E-state index in [1.165, 1.54) is 0 Å². The molecule has 5 heteroatoms. The molecule has 0 unspecified atom stereocenters. The first-order valence-corrected chi connectivity index (χ1v) is 8.37. The van der Waals surface area contributed by atoms with Crippen LogP contribution in [-0.4, -0.2) is 41.3 Å². The summed E-state index contributed by atoms with van der Waals surface area (Å²) in [5, 5.41) is 0. The summed E-state index contributed by atoms with van der Waals surface area (Å²) in [6, 6.07) is 3.89. The maximum absolute atomic E-state index is 12.2. The third kappa shape index (κ3) is 6.08. The van der Waals surface area contributed by atoms with Gasteiger partial charge in [-0.1, -0.05) is 0 Å². The van der Waals surface area contributed by atoms with Crippen LogP contribution in [0.1, 0.15) is 45.6 Å². The van der Waals surface area contributed by atoms with E-state index in [4.69, 9.17) is 9.47 Å². The molecule has 1 aliphatic rings. The van der Waals surface area contributed by atoms with Crippen molar-refractivity contribution in [3.63, 3.8) is 0 Å². The van der Waals surface area contributed by atoms with E-state index < -0.39 is 5.60 Å². The molecule has 0 saturated carbocycles. The van der Waals surface area contributed by atoms with Gasteiger partial charge in [-0.3, -0.25) is 0 Å². The Morgan fingerprint density at radius 2 is 2.22 bits per heavy atom. The number of likely N-dealkylation sites (tertiary alicyclic amines) is 1. The normalized spacial score (nSPS) is 18.6. The molecule has 0 spiro atoms. The standard InChI is InChI=1S/C18H28N2O3/c1-14-7-9-19-16(12-14)22-11-8-15-6-5-10-20(13-15)17(21)23-18(2,3)4/h7,9,12,15H,5-6,8,10-11,13H2,1-4H3/t15-/m1/s1. The van der Waals surface area contributed by atoms with Crippen molar-refractivity contribution in [2.45, 2.75) is 52.6 Å². The van der Waals surface area contributed by atoms with Crippen LogP contribution in [0.3, 0.4) is 0 Å². The Kier molecular flexibility index (Phi) is 5.85. The SMILES string of the molecule is Cc1ccnc(OCC[C@H]2CCCN(C(=O)OC(C)(C)C)C2)c1. The van der Waals surface area contributed by atoms with Gasteiger partial charge < -0.3 is 14.4 Å². The van der Waals surface area contributed by atoms with Crippen LogP contribution in [-0.2, 0) is 4.74 Å². The molecular weight excluding hydrogens is 292 g/mol. The van der Waals surface area contributed by atoms with Gasteiger partial charge in [-0.25, -0.2) is 9.78 Å². The largest absolute Gasteiger partial charge is 0.478 e. The third-order valence-corrected chi connectivity index (χ3v) is 3.84. The summed E-state index contributed by atoms with van der Waals surface area (Å²) < 4.78 is 11.2. The van der Waals surface area contributed by atoms with Crippen LogP contribution in [0.5, 0.6) is 5.88 Å². The molecule has 1 saturated heterocycles. The molecule has 5 nitrogen and oxygen atoms in total. The molecule has 1 aromatic heterocycles. The molecule has 1 aliphatic heterocycles. The zero-order valence-electron chi connectivity index (χ0n) is 14.7. The minimum absolute atomic E-state index is 0.205. The first-order valence-electron chi connectivity index (χ1n) is 8.37. The van der Waals surface area contributed by atoms with E-state index in [0.717, 1.165) is 37.9 Å². The summed E-state index contributed by atoms with van der Waals surface area (Å²) >= 11 is 0. The summed E-state index contributed by atoms with van der Waals surface area (Å²) in [4.78, 5) is 18.2. The average molecular weight is 320 g/mol. The van der Waals surface area contributed by atoms with E-state index in [9.17, 15) is 4.79 Å². The summed E-state index contributed by atoms with van der Waals surface area (Å²) in [5.41, 5.74) is 0.702. The Bertz CT molecular complexity index is 525. The highest BCUT2D eigenvalue weighted by atomic mass is 16.6. The lowest BCUT2D eigenvalue weighted by Crippen LogP contribution is -2.43. The lowest BCUT2D eigenvalue weighted by molar-refractivity contribution is 0.0154. The minimum atomic E-state index is -0.440. The van der Waals surface area contributed by atoms with Crippen molar-refractivity contribution in [3.8, 4) is 5.88 Å². The fourth-order valence-electron chi connectivity index (χ4n) is 2.71. The second-order valence-electron chi connectivity index (χ2n) is 7.24. The fourth-order valence-corrected chi connectivity index (χ4v) is 2.71. The molecule has 0 N–H and O–H groups in total. The van der Waals surface area contributed by atoms with Gasteiger partial charge in [0.15, 0.2) is 0 Å². The van der Waals surface area contributed by atoms with Gasteiger partial charge >= 0.3 is 6.09 Å². The van der Waals surface area contributed by atoms with Gasteiger partial charge in [-0.15, -0.1) is 0 Å². The number of hydrogen-bond acceptors (Lipinski definition) is 4. The molecule has 0 radical (unpaired) electrons. The van der Waals surface area contributed by atoms with E-state index >= 15 is 0 Å². The summed E-state index contributed by atoms with van der Waals surface area (Å²) in [7, 11) is 0. The van der Waals surface area contributed by atoms with Crippen molar-refractivity contribution in [2.75, 3.05) is 19.7 Å². The molecule has 1 aromatic rings.